The van der Waals surface area contributed by atoms with Crippen LogP contribution in [0.25, 0.3) is 0 Å². The highest BCUT2D eigenvalue weighted by atomic mass is 32.2. The van der Waals surface area contributed by atoms with Crippen LogP contribution in [0.15, 0.2) is 0 Å². The van der Waals surface area contributed by atoms with Crippen LogP contribution in [-0.4, -0.2) is 32.7 Å². The molecular formula is C16H27N3OS. The molecule has 1 fully saturated rings. The Kier molecular flexibility index (Phi) is 5.73. The van der Waals surface area contributed by atoms with Crippen LogP contribution in [0.1, 0.15) is 49.6 Å². The van der Waals surface area contributed by atoms with Gasteiger partial charge in [-0.05, 0) is 44.4 Å². The molecule has 0 bridgehead atoms. The molecule has 1 aromatic rings. The van der Waals surface area contributed by atoms with Crippen molar-refractivity contribution in [3.8, 4) is 0 Å². The molecule has 2 unspecified atom stereocenters. The highest BCUT2D eigenvalue weighted by molar-refractivity contribution is 7.99. The molecule has 1 saturated carbocycles. The maximum absolute atomic E-state index is 12.2. The van der Waals surface area contributed by atoms with Crippen LogP contribution < -0.4 is 5.32 Å². The van der Waals surface area contributed by atoms with E-state index in [1.54, 1.807) is 0 Å². The average Bonchev–Trinajstić information content (AvgIpc) is 2.95. The van der Waals surface area contributed by atoms with Crippen molar-refractivity contribution in [3.63, 3.8) is 0 Å². The predicted molar refractivity (Wildman–Crippen MR) is 88.7 cm³/mol. The summed E-state index contributed by atoms with van der Waals surface area (Å²) < 4.78 is 1.90. The zero-order chi connectivity index (χ0) is 15.4. The smallest absolute Gasteiger partial charge is 0.220 e. The van der Waals surface area contributed by atoms with Crippen LogP contribution in [0.2, 0.25) is 0 Å². The number of carbonyl (C=O) groups excluding carboxylic acids is 1. The lowest BCUT2D eigenvalue weighted by molar-refractivity contribution is -0.121. The quantitative estimate of drug-likeness (QED) is 0.879. The second kappa shape index (κ2) is 7.34. The van der Waals surface area contributed by atoms with Gasteiger partial charge in [0, 0.05) is 30.5 Å². The summed E-state index contributed by atoms with van der Waals surface area (Å²) in [6.07, 6.45) is 4.96. The largest absolute Gasteiger partial charge is 0.352 e. The van der Waals surface area contributed by atoms with Crippen LogP contribution in [0.3, 0.4) is 0 Å². The first-order valence-electron chi connectivity index (χ1n) is 7.93. The number of nitrogens with one attached hydrogen (secondary N) is 1. The Bertz CT molecular complexity index is 498. The molecule has 2 rings (SSSR count). The Balaban J connectivity index is 1.85. The SMILES string of the molecule is CCSC1CCCC1NC(=O)CCc1c(C)nn(C)c1C. The van der Waals surface area contributed by atoms with E-state index in [4.69, 9.17) is 0 Å². The number of hydrogen-bond acceptors (Lipinski definition) is 3. The van der Waals surface area contributed by atoms with E-state index in [1.165, 1.54) is 24.1 Å². The first kappa shape index (κ1) is 16.4. The number of thioether (sulfide) groups is 1. The van der Waals surface area contributed by atoms with Gasteiger partial charge in [0.1, 0.15) is 0 Å². The van der Waals surface area contributed by atoms with Crippen molar-refractivity contribution in [2.75, 3.05) is 5.75 Å². The van der Waals surface area contributed by atoms with Gasteiger partial charge in [0.25, 0.3) is 0 Å². The second-order valence-corrected chi connectivity index (χ2v) is 7.39. The fourth-order valence-electron chi connectivity index (χ4n) is 3.20. The van der Waals surface area contributed by atoms with Gasteiger partial charge in [-0.15, -0.1) is 0 Å². The normalized spacial score (nSPS) is 21.7. The minimum absolute atomic E-state index is 0.186. The third kappa shape index (κ3) is 4.02. The van der Waals surface area contributed by atoms with Gasteiger partial charge in [0.05, 0.1) is 5.69 Å². The van der Waals surface area contributed by atoms with Crippen molar-refractivity contribution in [2.45, 2.75) is 64.2 Å². The Morgan fingerprint density at radius 3 is 2.81 bits per heavy atom. The van der Waals surface area contributed by atoms with Crippen molar-refractivity contribution in [3.05, 3.63) is 17.0 Å². The maximum atomic E-state index is 12.2. The number of aromatic nitrogens is 2. The molecule has 1 amide bonds. The first-order valence-corrected chi connectivity index (χ1v) is 8.97. The summed E-state index contributed by atoms with van der Waals surface area (Å²) in [6, 6.07) is 0.374. The molecule has 2 atom stereocenters. The summed E-state index contributed by atoms with van der Waals surface area (Å²) >= 11 is 1.98. The molecule has 0 radical (unpaired) electrons. The summed E-state index contributed by atoms with van der Waals surface area (Å²) in [5, 5.41) is 8.26. The second-order valence-electron chi connectivity index (χ2n) is 5.87. The zero-order valence-electron chi connectivity index (χ0n) is 13.6. The molecule has 21 heavy (non-hydrogen) atoms. The average molecular weight is 309 g/mol. The van der Waals surface area contributed by atoms with Gasteiger partial charge in [-0.1, -0.05) is 13.3 Å². The molecule has 0 aromatic carbocycles. The molecule has 1 aliphatic carbocycles. The van der Waals surface area contributed by atoms with Crippen molar-refractivity contribution < 1.29 is 4.79 Å². The Morgan fingerprint density at radius 2 is 2.19 bits per heavy atom. The van der Waals surface area contributed by atoms with E-state index in [2.05, 4.69) is 24.3 Å². The minimum Gasteiger partial charge on any atom is -0.352 e. The van der Waals surface area contributed by atoms with Gasteiger partial charge in [0.15, 0.2) is 0 Å². The van der Waals surface area contributed by atoms with E-state index in [9.17, 15) is 4.79 Å². The van der Waals surface area contributed by atoms with E-state index < -0.39 is 0 Å². The topological polar surface area (TPSA) is 46.9 Å². The Morgan fingerprint density at radius 1 is 1.43 bits per heavy atom. The number of hydrogen-bond donors (Lipinski definition) is 1. The maximum Gasteiger partial charge on any atom is 0.220 e. The standard InChI is InChI=1S/C16H27N3OS/c1-5-21-15-8-6-7-14(15)17-16(20)10-9-13-11(2)18-19(4)12(13)3/h14-15H,5-10H2,1-4H3,(H,17,20). The predicted octanol–water partition coefficient (Wildman–Crippen LogP) is 2.76. The zero-order valence-corrected chi connectivity index (χ0v) is 14.4. The summed E-state index contributed by atoms with van der Waals surface area (Å²) in [4.78, 5) is 12.2. The van der Waals surface area contributed by atoms with E-state index in [0.717, 1.165) is 24.3 Å². The number of carbonyl (C=O) groups is 1. The van der Waals surface area contributed by atoms with Gasteiger partial charge in [-0.3, -0.25) is 9.48 Å². The molecule has 0 saturated heterocycles. The third-order valence-corrected chi connectivity index (χ3v) is 5.77. The highest BCUT2D eigenvalue weighted by Gasteiger charge is 2.28. The van der Waals surface area contributed by atoms with Gasteiger partial charge in [-0.2, -0.15) is 16.9 Å². The molecule has 1 N–H and O–H groups in total. The number of amides is 1. The van der Waals surface area contributed by atoms with Crippen molar-refractivity contribution >= 4 is 17.7 Å². The lowest BCUT2D eigenvalue weighted by Gasteiger charge is -2.20. The number of rotatable bonds is 6. The molecule has 118 valence electrons. The van der Waals surface area contributed by atoms with Crippen molar-refractivity contribution in [1.82, 2.24) is 15.1 Å². The van der Waals surface area contributed by atoms with E-state index in [-0.39, 0.29) is 5.91 Å². The van der Waals surface area contributed by atoms with Crippen LogP contribution >= 0.6 is 11.8 Å². The van der Waals surface area contributed by atoms with Gasteiger partial charge < -0.3 is 5.32 Å². The lowest BCUT2D eigenvalue weighted by atomic mass is 10.1. The van der Waals surface area contributed by atoms with Crippen molar-refractivity contribution in [2.24, 2.45) is 7.05 Å². The minimum atomic E-state index is 0.186. The molecule has 4 nitrogen and oxygen atoms in total. The van der Waals surface area contributed by atoms with Gasteiger partial charge in [-0.25, -0.2) is 0 Å². The van der Waals surface area contributed by atoms with Crippen LogP contribution in [0.5, 0.6) is 0 Å². The number of nitrogens with zero attached hydrogens (tertiary/aromatic N) is 2. The summed E-state index contributed by atoms with van der Waals surface area (Å²) in [6.45, 7) is 6.28. The fourth-order valence-corrected chi connectivity index (χ4v) is 4.40. The summed E-state index contributed by atoms with van der Waals surface area (Å²) in [5.41, 5.74) is 3.43. The van der Waals surface area contributed by atoms with E-state index in [1.807, 2.05) is 30.4 Å². The van der Waals surface area contributed by atoms with Crippen molar-refractivity contribution in [1.29, 1.82) is 0 Å². The Labute approximate surface area is 132 Å². The molecule has 0 aliphatic heterocycles. The van der Waals surface area contributed by atoms with Gasteiger partial charge >= 0.3 is 0 Å². The molecule has 0 spiro atoms. The molecular weight excluding hydrogens is 282 g/mol. The molecule has 1 aliphatic rings. The number of aryl methyl sites for hydroxylation is 2. The molecule has 1 aromatic heterocycles. The third-order valence-electron chi connectivity index (χ3n) is 4.44. The lowest BCUT2D eigenvalue weighted by Crippen LogP contribution is -2.38. The highest BCUT2D eigenvalue weighted by Crippen LogP contribution is 2.29. The van der Waals surface area contributed by atoms with Crippen LogP contribution in [0, 0.1) is 13.8 Å². The van der Waals surface area contributed by atoms with Crippen LogP contribution in [-0.2, 0) is 18.3 Å². The summed E-state index contributed by atoms with van der Waals surface area (Å²) in [5.74, 6) is 1.32. The van der Waals surface area contributed by atoms with E-state index in [0.29, 0.717) is 17.7 Å². The summed E-state index contributed by atoms with van der Waals surface area (Å²) in [7, 11) is 1.96. The first-order chi connectivity index (χ1) is 10.0. The monoisotopic (exact) mass is 309 g/mol. The van der Waals surface area contributed by atoms with Gasteiger partial charge in [0.2, 0.25) is 5.91 Å². The fraction of sp³-hybridized carbons (Fsp3) is 0.750. The van der Waals surface area contributed by atoms with E-state index >= 15 is 0 Å². The Hall–Kier alpha value is -0.970. The molecule has 1 heterocycles. The molecule has 5 heteroatoms. The van der Waals surface area contributed by atoms with Crippen LogP contribution in [0.4, 0.5) is 0 Å².